The highest BCUT2D eigenvalue weighted by Crippen LogP contribution is 2.21. The van der Waals surface area contributed by atoms with Gasteiger partial charge in [-0.05, 0) is 38.0 Å². The number of Topliss-reactive ketones (excluding diaryl/α,β-unsaturated/α-hetero) is 1. The zero-order valence-electron chi connectivity index (χ0n) is 22.1. The first kappa shape index (κ1) is 29.5. The lowest BCUT2D eigenvalue weighted by Gasteiger charge is -2.33. The molecule has 2 aromatic heterocycles. The van der Waals surface area contributed by atoms with Gasteiger partial charge in [0.1, 0.15) is 6.10 Å². The largest absolute Gasteiger partial charge is 0.472 e. The van der Waals surface area contributed by atoms with Crippen molar-refractivity contribution in [3.63, 3.8) is 0 Å². The molecule has 4 rings (SSSR count). The summed E-state index contributed by atoms with van der Waals surface area (Å²) in [5, 5.41) is 8.28. The van der Waals surface area contributed by atoms with Crippen LogP contribution in [0.3, 0.4) is 0 Å². The molecule has 8 nitrogen and oxygen atoms in total. The second kappa shape index (κ2) is 16.1. The number of ether oxygens (including phenoxy) is 1. The molecule has 35 heavy (non-hydrogen) atoms. The Morgan fingerprint density at radius 3 is 2.26 bits per heavy atom. The fraction of sp³-hybridized carbons (Fsp3) is 0.444. The number of pyridine rings is 1. The second-order valence-corrected chi connectivity index (χ2v) is 6.91. The lowest BCUT2D eigenvalue weighted by molar-refractivity contribution is 0.0527. The number of nitrogens with zero attached hydrogens (tertiary/aromatic N) is 5. The molecule has 0 aliphatic carbocycles. The van der Waals surface area contributed by atoms with Gasteiger partial charge in [0.2, 0.25) is 5.88 Å². The van der Waals surface area contributed by atoms with Crippen molar-refractivity contribution in [1.29, 1.82) is 0 Å². The van der Waals surface area contributed by atoms with Gasteiger partial charge in [-0.3, -0.25) is 9.59 Å². The highest BCUT2D eigenvalue weighted by Gasteiger charge is 2.27. The second-order valence-electron chi connectivity index (χ2n) is 6.91. The van der Waals surface area contributed by atoms with Crippen LogP contribution >= 0.6 is 0 Å². The SMILES string of the molecule is CC.CC.CC.CC(=O)c1ccnc(OC2CCCN(C(=O)c3ccccc3-n3nccn3)C2)c1. The van der Waals surface area contributed by atoms with Crippen LogP contribution in [0.15, 0.2) is 55.0 Å². The minimum Gasteiger partial charge on any atom is -0.472 e. The van der Waals surface area contributed by atoms with Crippen LogP contribution in [0, 0.1) is 0 Å². The number of aromatic nitrogens is 4. The predicted molar refractivity (Wildman–Crippen MR) is 139 cm³/mol. The van der Waals surface area contributed by atoms with Crippen molar-refractivity contribution in [2.45, 2.75) is 67.4 Å². The maximum atomic E-state index is 13.2. The third-order valence-corrected chi connectivity index (χ3v) is 4.86. The highest BCUT2D eigenvalue weighted by atomic mass is 16.5. The molecule has 3 aromatic rings. The predicted octanol–water partition coefficient (Wildman–Crippen LogP) is 5.63. The zero-order chi connectivity index (χ0) is 26.2. The molecule has 0 radical (unpaired) electrons. The quantitative estimate of drug-likeness (QED) is 0.439. The van der Waals surface area contributed by atoms with E-state index in [4.69, 9.17) is 4.74 Å². The maximum Gasteiger partial charge on any atom is 0.256 e. The molecule has 1 unspecified atom stereocenters. The summed E-state index contributed by atoms with van der Waals surface area (Å²) in [5.41, 5.74) is 1.74. The lowest BCUT2D eigenvalue weighted by Crippen LogP contribution is -2.44. The number of carbonyl (C=O) groups is 2. The van der Waals surface area contributed by atoms with E-state index < -0.39 is 0 Å². The molecule has 1 aliphatic rings. The fourth-order valence-corrected chi connectivity index (χ4v) is 3.42. The van der Waals surface area contributed by atoms with Gasteiger partial charge in [-0.1, -0.05) is 53.7 Å². The van der Waals surface area contributed by atoms with E-state index in [0.717, 1.165) is 12.8 Å². The average Bonchev–Trinajstić information content (AvgIpc) is 3.47. The average molecular weight is 482 g/mol. The Balaban J connectivity index is 0.000000949. The molecule has 0 saturated carbocycles. The van der Waals surface area contributed by atoms with E-state index >= 15 is 0 Å². The third-order valence-electron chi connectivity index (χ3n) is 4.86. The summed E-state index contributed by atoms with van der Waals surface area (Å²) in [7, 11) is 0. The van der Waals surface area contributed by atoms with Crippen molar-refractivity contribution in [1.82, 2.24) is 24.9 Å². The summed E-state index contributed by atoms with van der Waals surface area (Å²) in [5.74, 6) is 0.274. The topological polar surface area (TPSA) is 90.2 Å². The normalized spacial score (nSPS) is 14.1. The maximum absolute atomic E-state index is 13.2. The van der Waals surface area contributed by atoms with E-state index in [2.05, 4.69) is 15.2 Å². The number of hydrogen-bond acceptors (Lipinski definition) is 6. The molecule has 1 aromatic carbocycles. The van der Waals surface area contributed by atoms with E-state index in [1.807, 2.05) is 59.7 Å². The Morgan fingerprint density at radius 2 is 1.60 bits per heavy atom. The third kappa shape index (κ3) is 8.31. The zero-order valence-corrected chi connectivity index (χ0v) is 22.1. The van der Waals surface area contributed by atoms with Crippen molar-refractivity contribution < 1.29 is 14.3 Å². The molecule has 8 heteroatoms. The first-order valence-corrected chi connectivity index (χ1v) is 12.5. The number of ketones is 1. The van der Waals surface area contributed by atoms with Crippen LogP contribution in [0.4, 0.5) is 0 Å². The molecule has 1 amide bonds. The number of hydrogen-bond donors (Lipinski definition) is 0. The molecule has 1 atom stereocenters. The molecular weight excluding hydrogens is 442 g/mol. The van der Waals surface area contributed by atoms with Gasteiger partial charge in [0.05, 0.1) is 30.2 Å². The van der Waals surface area contributed by atoms with Crippen molar-refractivity contribution in [2.75, 3.05) is 13.1 Å². The number of para-hydroxylation sites is 1. The number of likely N-dealkylation sites (tertiary alicyclic amines) is 1. The molecule has 0 spiro atoms. The van der Waals surface area contributed by atoms with E-state index in [1.54, 1.807) is 41.7 Å². The van der Waals surface area contributed by atoms with Crippen molar-refractivity contribution in [3.05, 3.63) is 66.1 Å². The molecule has 190 valence electrons. The van der Waals surface area contributed by atoms with Gasteiger partial charge in [0.25, 0.3) is 5.91 Å². The molecule has 1 aliphatic heterocycles. The molecular formula is C27H39N5O3. The lowest BCUT2D eigenvalue weighted by atomic mass is 10.1. The molecule has 1 fully saturated rings. The Labute approximate surface area is 209 Å². The van der Waals surface area contributed by atoms with Gasteiger partial charge in [0, 0.05) is 24.4 Å². The Bertz CT molecular complexity index is 1020. The van der Waals surface area contributed by atoms with E-state index in [1.165, 1.54) is 11.7 Å². The Kier molecular flexibility index (Phi) is 13.6. The van der Waals surface area contributed by atoms with Crippen molar-refractivity contribution >= 4 is 11.7 Å². The van der Waals surface area contributed by atoms with Gasteiger partial charge in [-0.2, -0.15) is 15.0 Å². The summed E-state index contributed by atoms with van der Waals surface area (Å²) in [6.07, 6.45) is 6.17. The summed E-state index contributed by atoms with van der Waals surface area (Å²) in [4.78, 5) is 32.2. The summed E-state index contributed by atoms with van der Waals surface area (Å²) in [6, 6.07) is 10.6. The van der Waals surface area contributed by atoms with Gasteiger partial charge in [-0.25, -0.2) is 4.98 Å². The number of carbonyl (C=O) groups excluding carboxylic acids is 2. The standard InChI is InChI=1S/C21H21N5O3.3C2H6/c1-15(27)16-8-9-22-20(13-16)29-17-5-4-12-25(14-17)21(28)18-6-2-3-7-19(18)26-23-10-11-24-26;3*1-2/h2-3,6-11,13,17H,4-5,12,14H2,1H3;3*1-2H3. The first-order valence-electron chi connectivity index (χ1n) is 12.5. The van der Waals surface area contributed by atoms with Gasteiger partial charge in [0.15, 0.2) is 5.78 Å². The van der Waals surface area contributed by atoms with E-state index in [-0.39, 0.29) is 17.8 Å². The number of rotatable bonds is 5. The smallest absolute Gasteiger partial charge is 0.256 e. The van der Waals surface area contributed by atoms with Crippen molar-refractivity contribution in [2.24, 2.45) is 0 Å². The summed E-state index contributed by atoms with van der Waals surface area (Å²) in [6.45, 7) is 14.6. The van der Waals surface area contributed by atoms with Crippen LogP contribution in [0.5, 0.6) is 5.88 Å². The van der Waals surface area contributed by atoms with Crippen LogP contribution in [-0.4, -0.2) is 55.8 Å². The highest BCUT2D eigenvalue weighted by molar-refractivity contribution is 5.97. The van der Waals surface area contributed by atoms with Gasteiger partial charge in [-0.15, -0.1) is 0 Å². The monoisotopic (exact) mass is 481 g/mol. The molecule has 1 saturated heterocycles. The van der Waals surface area contributed by atoms with E-state index in [9.17, 15) is 9.59 Å². The van der Waals surface area contributed by atoms with Crippen molar-refractivity contribution in [3.8, 4) is 11.6 Å². The van der Waals surface area contributed by atoms with Crippen LogP contribution in [0.2, 0.25) is 0 Å². The number of amides is 1. The number of piperidine rings is 1. The van der Waals surface area contributed by atoms with Gasteiger partial charge >= 0.3 is 0 Å². The Hall–Kier alpha value is -3.55. The number of benzene rings is 1. The van der Waals surface area contributed by atoms with Gasteiger partial charge < -0.3 is 9.64 Å². The van der Waals surface area contributed by atoms with Crippen LogP contribution in [0.1, 0.15) is 82.0 Å². The fourth-order valence-electron chi connectivity index (χ4n) is 3.42. The summed E-state index contributed by atoms with van der Waals surface area (Å²) < 4.78 is 5.98. The van der Waals surface area contributed by atoms with E-state index in [0.29, 0.717) is 35.8 Å². The molecule has 3 heterocycles. The molecule has 0 bridgehead atoms. The first-order chi connectivity index (χ1) is 17.1. The molecule has 0 N–H and O–H groups in total. The van der Waals surface area contributed by atoms with Crippen LogP contribution < -0.4 is 4.74 Å². The minimum absolute atomic E-state index is 0.0402. The van der Waals surface area contributed by atoms with Crippen LogP contribution in [0.25, 0.3) is 5.69 Å². The Morgan fingerprint density at radius 1 is 0.943 bits per heavy atom. The minimum atomic E-state index is -0.183. The van der Waals surface area contributed by atoms with Crippen LogP contribution in [-0.2, 0) is 0 Å². The summed E-state index contributed by atoms with van der Waals surface area (Å²) >= 11 is 0.